The molecule has 0 saturated carbocycles. The molecule has 1 aromatic carbocycles. The molecule has 3 aromatic rings. The number of anilines is 1. The second-order valence-corrected chi connectivity index (χ2v) is 7.86. The molecule has 1 spiro atoms. The van der Waals surface area contributed by atoms with E-state index in [4.69, 9.17) is 0 Å². The maximum atomic E-state index is 13.3. The van der Waals surface area contributed by atoms with Crippen molar-refractivity contribution >= 4 is 23.1 Å². The van der Waals surface area contributed by atoms with Crippen LogP contribution in [0.1, 0.15) is 34.5 Å². The number of aromatic nitrogens is 2. The van der Waals surface area contributed by atoms with Crippen molar-refractivity contribution in [3.8, 4) is 0 Å². The van der Waals surface area contributed by atoms with Gasteiger partial charge in [0.1, 0.15) is 5.65 Å². The van der Waals surface area contributed by atoms with Crippen molar-refractivity contribution in [2.24, 2.45) is 0 Å². The second kappa shape index (κ2) is 5.92. The van der Waals surface area contributed by atoms with E-state index < -0.39 is 5.41 Å². The molecule has 0 radical (unpaired) electrons. The zero-order valence-corrected chi connectivity index (χ0v) is 16.1. The van der Waals surface area contributed by atoms with E-state index >= 15 is 0 Å². The number of piperidine rings is 1. The summed E-state index contributed by atoms with van der Waals surface area (Å²) < 4.78 is 1.88. The lowest BCUT2D eigenvalue weighted by Gasteiger charge is -2.39. The predicted molar refractivity (Wildman–Crippen MR) is 107 cm³/mol. The van der Waals surface area contributed by atoms with Gasteiger partial charge in [0.25, 0.3) is 5.91 Å². The molecule has 1 fully saturated rings. The summed E-state index contributed by atoms with van der Waals surface area (Å²) in [4.78, 5) is 34.4. The molecule has 0 unspecified atom stereocenters. The minimum atomic E-state index is -0.630. The molecule has 0 bridgehead atoms. The van der Waals surface area contributed by atoms with Gasteiger partial charge in [0.15, 0.2) is 0 Å². The van der Waals surface area contributed by atoms with Crippen molar-refractivity contribution in [3.05, 3.63) is 65.6 Å². The highest BCUT2D eigenvalue weighted by molar-refractivity contribution is 6.08. The SMILES string of the molecule is Cc1cn2cc(C(=O)N3CCC[C@]4(C3)C(=O)N(C)c3ccccc34)ccc2n1. The van der Waals surface area contributed by atoms with Gasteiger partial charge in [-0.3, -0.25) is 9.59 Å². The smallest absolute Gasteiger partial charge is 0.255 e. The molecule has 2 amide bonds. The molecule has 2 aliphatic heterocycles. The summed E-state index contributed by atoms with van der Waals surface area (Å²) >= 11 is 0. The van der Waals surface area contributed by atoms with Crippen LogP contribution in [0.5, 0.6) is 0 Å². The number of para-hydroxylation sites is 1. The number of pyridine rings is 1. The Morgan fingerprint density at radius 1 is 1.14 bits per heavy atom. The first kappa shape index (κ1) is 17.0. The topological polar surface area (TPSA) is 57.9 Å². The second-order valence-electron chi connectivity index (χ2n) is 7.86. The molecule has 5 rings (SSSR count). The van der Waals surface area contributed by atoms with Crippen LogP contribution in [0.2, 0.25) is 0 Å². The molecule has 28 heavy (non-hydrogen) atoms. The van der Waals surface area contributed by atoms with E-state index in [0.29, 0.717) is 18.7 Å². The van der Waals surface area contributed by atoms with Crippen LogP contribution in [0.25, 0.3) is 5.65 Å². The first-order valence-corrected chi connectivity index (χ1v) is 9.62. The number of amides is 2. The number of benzene rings is 1. The minimum Gasteiger partial charge on any atom is -0.337 e. The van der Waals surface area contributed by atoms with Gasteiger partial charge in [-0.05, 0) is 43.5 Å². The third-order valence-corrected chi connectivity index (χ3v) is 6.09. The fourth-order valence-electron chi connectivity index (χ4n) is 4.77. The lowest BCUT2D eigenvalue weighted by atomic mass is 9.75. The maximum absolute atomic E-state index is 13.3. The Bertz CT molecular complexity index is 1120. The summed E-state index contributed by atoms with van der Waals surface area (Å²) in [6.45, 7) is 3.02. The predicted octanol–water partition coefficient (Wildman–Crippen LogP) is 2.79. The number of carbonyl (C=O) groups is 2. The van der Waals surface area contributed by atoms with Crippen LogP contribution in [-0.2, 0) is 10.2 Å². The molecule has 1 saturated heterocycles. The van der Waals surface area contributed by atoms with Crippen LogP contribution in [0.4, 0.5) is 5.69 Å². The van der Waals surface area contributed by atoms with Crippen LogP contribution in [0.3, 0.4) is 0 Å². The number of fused-ring (bicyclic) bond motifs is 3. The van der Waals surface area contributed by atoms with Gasteiger partial charge in [-0.1, -0.05) is 18.2 Å². The fraction of sp³-hybridized carbons (Fsp3) is 0.318. The highest BCUT2D eigenvalue weighted by Crippen LogP contribution is 2.46. The standard InChI is InChI=1S/C22H22N4O2/c1-15-12-26-13-16(8-9-19(26)23-15)20(27)25-11-5-10-22(14-25)17-6-3-4-7-18(17)24(2)21(22)28/h3-4,6-9,12-13H,5,10-11,14H2,1-2H3/t22-/m1/s1. The normalized spacial score (nSPS) is 21.6. The zero-order valence-electron chi connectivity index (χ0n) is 16.1. The average Bonchev–Trinajstić information content (AvgIpc) is 3.19. The van der Waals surface area contributed by atoms with E-state index in [1.54, 1.807) is 4.90 Å². The monoisotopic (exact) mass is 374 g/mol. The van der Waals surface area contributed by atoms with Gasteiger partial charge in [0, 0.05) is 38.2 Å². The van der Waals surface area contributed by atoms with Crippen LogP contribution >= 0.6 is 0 Å². The van der Waals surface area contributed by atoms with E-state index in [0.717, 1.165) is 35.4 Å². The third-order valence-electron chi connectivity index (χ3n) is 6.09. The largest absolute Gasteiger partial charge is 0.337 e. The summed E-state index contributed by atoms with van der Waals surface area (Å²) in [5.74, 6) is 0.0547. The van der Waals surface area contributed by atoms with Crippen LogP contribution in [0, 0.1) is 6.92 Å². The van der Waals surface area contributed by atoms with E-state index in [9.17, 15) is 9.59 Å². The lowest BCUT2D eigenvalue weighted by molar-refractivity contribution is -0.124. The van der Waals surface area contributed by atoms with Crippen LogP contribution in [0.15, 0.2) is 48.8 Å². The average molecular weight is 374 g/mol. The molecular formula is C22H22N4O2. The zero-order chi connectivity index (χ0) is 19.5. The Hall–Kier alpha value is -3.15. The van der Waals surface area contributed by atoms with Gasteiger partial charge in [-0.15, -0.1) is 0 Å². The molecule has 142 valence electrons. The number of likely N-dealkylation sites (N-methyl/N-ethyl adjacent to an activating group) is 1. The van der Waals surface area contributed by atoms with Crippen molar-refractivity contribution in [1.82, 2.24) is 14.3 Å². The number of hydrogen-bond donors (Lipinski definition) is 0. The molecule has 2 aromatic heterocycles. The van der Waals surface area contributed by atoms with Gasteiger partial charge in [-0.2, -0.15) is 0 Å². The van der Waals surface area contributed by atoms with Crippen molar-refractivity contribution in [2.75, 3.05) is 25.0 Å². The van der Waals surface area contributed by atoms with Gasteiger partial charge in [-0.25, -0.2) is 4.98 Å². The summed E-state index contributed by atoms with van der Waals surface area (Å²) in [5, 5.41) is 0. The van der Waals surface area contributed by atoms with Crippen molar-refractivity contribution in [1.29, 1.82) is 0 Å². The van der Waals surface area contributed by atoms with Gasteiger partial charge in [0.2, 0.25) is 5.91 Å². The number of imidazole rings is 1. The summed E-state index contributed by atoms with van der Waals surface area (Å²) in [6, 6.07) is 11.6. The Labute approximate surface area is 163 Å². The Kier molecular flexibility index (Phi) is 3.59. The Morgan fingerprint density at radius 2 is 1.96 bits per heavy atom. The van der Waals surface area contributed by atoms with E-state index in [1.807, 2.05) is 72.1 Å². The molecule has 6 nitrogen and oxygen atoms in total. The molecule has 2 aliphatic rings. The summed E-state index contributed by atoms with van der Waals surface area (Å²) in [7, 11) is 1.83. The van der Waals surface area contributed by atoms with Gasteiger partial charge >= 0.3 is 0 Å². The minimum absolute atomic E-state index is 0.0350. The summed E-state index contributed by atoms with van der Waals surface area (Å²) in [6.07, 6.45) is 5.33. The summed E-state index contributed by atoms with van der Waals surface area (Å²) in [5.41, 5.74) is 3.73. The molecule has 0 N–H and O–H groups in total. The number of rotatable bonds is 1. The fourth-order valence-corrected chi connectivity index (χ4v) is 4.77. The maximum Gasteiger partial charge on any atom is 0.255 e. The van der Waals surface area contributed by atoms with Crippen molar-refractivity contribution in [2.45, 2.75) is 25.2 Å². The number of likely N-dealkylation sites (tertiary alicyclic amines) is 1. The quantitative estimate of drug-likeness (QED) is 0.658. The lowest BCUT2D eigenvalue weighted by Crippen LogP contribution is -2.53. The molecule has 4 heterocycles. The molecule has 1 atom stereocenters. The first-order valence-electron chi connectivity index (χ1n) is 9.62. The van der Waals surface area contributed by atoms with Crippen molar-refractivity contribution < 1.29 is 9.59 Å². The number of aryl methyl sites for hydroxylation is 1. The molecular weight excluding hydrogens is 352 g/mol. The van der Waals surface area contributed by atoms with Crippen LogP contribution in [-0.4, -0.2) is 46.2 Å². The Balaban J connectivity index is 1.50. The Morgan fingerprint density at radius 3 is 2.82 bits per heavy atom. The van der Waals surface area contributed by atoms with Crippen LogP contribution < -0.4 is 4.90 Å². The van der Waals surface area contributed by atoms with Gasteiger partial charge < -0.3 is 14.2 Å². The number of carbonyl (C=O) groups excluding carboxylic acids is 2. The highest BCUT2D eigenvalue weighted by atomic mass is 16.2. The number of nitrogens with zero attached hydrogens (tertiary/aromatic N) is 4. The highest BCUT2D eigenvalue weighted by Gasteiger charge is 2.52. The van der Waals surface area contributed by atoms with E-state index in [1.165, 1.54) is 0 Å². The van der Waals surface area contributed by atoms with Gasteiger partial charge in [0.05, 0.1) is 16.7 Å². The first-order chi connectivity index (χ1) is 13.5. The molecule has 6 heteroatoms. The molecule has 0 aliphatic carbocycles. The number of hydrogen-bond acceptors (Lipinski definition) is 3. The van der Waals surface area contributed by atoms with E-state index in [2.05, 4.69) is 4.98 Å². The third kappa shape index (κ3) is 2.30. The van der Waals surface area contributed by atoms with Crippen molar-refractivity contribution in [3.63, 3.8) is 0 Å². The van der Waals surface area contributed by atoms with E-state index in [-0.39, 0.29) is 11.8 Å².